The molecule has 2 aromatic heterocycles. The molecule has 0 unspecified atom stereocenters. The van der Waals surface area contributed by atoms with E-state index in [4.69, 9.17) is 16.2 Å². The van der Waals surface area contributed by atoms with Crippen LogP contribution in [0, 0.1) is 0 Å². The highest BCUT2D eigenvalue weighted by atomic mass is 32.2. The quantitative estimate of drug-likeness (QED) is 0.295. The summed E-state index contributed by atoms with van der Waals surface area (Å²) in [4.78, 5) is 23.9. The number of nitrogen functional groups attached to an aromatic ring is 2. The fourth-order valence-electron chi connectivity index (χ4n) is 3.02. The normalized spacial score (nSPS) is 24.8. The van der Waals surface area contributed by atoms with Crippen molar-refractivity contribution in [2.24, 2.45) is 0 Å². The van der Waals surface area contributed by atoms with Crippen LogP contribution < -0.4 is 17.0 Å². The van der Waals surface area contributed by atoms with Crippen LogP contribution in [0.1, 0.15) is 6.23 Å². The van der Waals surface area contributed by atoms with E-state index in [0.29, 0.717) is 10.8 Å². The SMILES string of the molecule is Nc1ccc(Sc2nc3c(=O)[nH]c(N)nc3n2[C@@H]2O[C@H](CO)[C@@H](O)[C@H]2O)cc1. The number of hydrogen-bond donors (Lipinski definition) is 6. The van der Waals surface area contributed by atoms with Gasteiger partial charge in [-0.2, -0.15) is 4.98 Å². The van der Waals surface area contributed by atoms with Gasteiger partial charge < -0.3 is 31.5 Å². The Labute approximate surface area is 162 Å². The molecule has 0 bridgehead atoms. The number of hydrogen-bond acceptors (Lipinski definition) is 10. The summed E-state index contributed by atoms with van der Waals surface area (Å²) in [7, 11) is 0. The highest BCUT2D eigenvalue weighted by Crippen LogP contribution is 2.37. The number of anilines is 2. The fraction of sp³-hybridized carbons (Fsp3) is 0.312. The van der Waals surface area contributed by atoms with Crippen LogP contribution >= 0.6 is 11.8 Å². The summed E-state index contributed by atoms with van der Waals surface area (Å²) < 4.78 is 7.01. The maximum Gasteiger partial charge on any atom is 0.280 e. The molecule has 0 aliphatic carbocycles. The molecule has 0 amide bonds. The Bertz CT molecular complexity index is 1070. The van der Waals surface area contributed by atoms with Crippen molar-refractivity contribution in [1.82, 2.24) is 19.5 Å². The van der Waals surface area contributed by atoms with Gasteiger partial charge in [-0.25, -0.2) is 4.98 Å². The van der Waals surface area contributed by atoms with E-state index in [1.165, 1.54) is 16.3 Å². The van der Waals surface area contributed by atoms with Gasteiger partial charge in [0.1, 0.15) is 18.3 Å². The van der Waals surface area contributed by atoms with Crippen molar-refractivity contribution in [2.75, 3.05) is 18.1 Å². The van der Waals surface area contributed by atoms with Crippen LogP contribution in [0.15, 0.2) is 39.1 Å². The zero-order valence-corrected chi connectivity index (χ0v) is 15.2. The van der Waals surface area contributed by atoms with Crippen LogP contribution in [-0.4, -0.2) is 59.8 Å². The van der Waals surface area contributed by atoms with Gasteiger partial charge in [-0.3, -0.25) is 14.3 Å². The van der Waals surface area contributed by atoms with Crippen molar-refractivity contribution < 1.29 is 20.1 Å². The standard InChI is InChI=1S/C16H18N6O5S/c17-6-1-3-7(4-2-6)28-16-19-9-12(20-15(18)21-13(9)26)22(16)14-11(25)10(24)8(5-23)27-14/h1-4,8,10-11,14,23-25H,5,17H2,(H3,18,20,21,26)/t8-,10-,11-,14-/m1/s1. The molecule has 1 fully saturated rings. The summed E-state index contributed by atoms with van der Waals surface area (Å²) in [6, 6.07) is 6.97. The van der Waals surface area contributed by atoms with Crippen LogP contribution in [0.3, 0.4) is 0 Å². The molecule has 12 heteroatoms. The number of nitrogens with two attached hydrogens (primary N) is 2. The first-order valence-electron chi connectivity index (χ1n) is 8.32. The Hall–Kier alpha value is -2.64. The minimum atomic E-state index is -1.37. The Morgan fingerprint density at radius 1 is 1.18 bits per heavy atom. The maximum absolute atomic E-state index is 12.3. The van der Waals surface area contributed by atoms with E-state index in [9.17, 15) is 20.1 Å². The molecule has 1 aromatic carbocycles. The summed E-state index contributed by atoms with van der Waals surface area (Å²) >= 11 is 1.19. The number of fused-ring (bicyclic) bond motifs is 1. The molecule has 1 aliphatic heterocycles. The van der Waals surface area contributed by atoms with Crippen molar-refractivity contribution in [1.29, 1.82) is 0 Å². The van der Waals surface area contributed by atoms with Gasteiger partial charge in [-0.15, -0.1) is 0 Å². The van der Waals surface area contributed by atoms with Crippen molar-refractivity contribution in [2.45, 2.75) is 34.6 Å². The van der Waals surface area contributed by atoms with E-state index >= 15 is 0 Å². The largest absolute Gasteiger partial charge is 0.399 e. The Morgan fingerprint density at radius 2 is 1.89 bits per heavy atom. The predicted molar refractivity (Wildman–Crippen MR) is 101 cm³/mol. The average molecular weight is 406 g/mol. The number of imidazole rings is 1. The molecule has 3 heterocycles. The van der Waals surface area contributed by atoms with Gasteiger partial charge in [0, 0.05) is 10.6 Å². The second-order valence-corrected chi connectivity index (χ2v) is 7.33. The molecular weight excluding hydrogens is 388 g/mol. The minimum Gasteiger partial charge on any atom is -0.399 e. The zero-order chi connectivity index (χ0) is 20.0. The fourth-order valence-corrected chi connectivity index (χ4v) is 3.93. The summed E-state index contributed by atoms with van der Waals surface area (Å²) in [5, 5.41) is 30.2. The number of aromatic nitrogens is 4. The Morgan fingerprint density at radius 3 is 2.54 bits per heavy atom. The van der Waals surface area contributed by atoms with Crippen LogP contribution in [0.4, 0.5) is 11.6 Å². The van der Waals surface area contributed by atoms with E-state index in [1.807, 2.05) is 0 Å². The maximum atomic E-state index is 12.3. The van der Waals surface area contributed by atoms with Crippen molar-refractivity contribution in [3.05, 3.63) is 34.6 Å². The number of aliphatic hydroxyl groups is 3. The third-order valence-electron chi connectivity index (χ3n) is 4.40. The van der Waals surface area contributed by atoms with Crippen LogP contribution in [0.25, 0.3) is 11.2 Å². The second-order valence-electron chi connectivity index (χ2n) is 6.29. The van der Waals surface area contributed by atoms with Crippen molar-refractivity contribution >= 4 is 34.6 Å². The number of nitrogens with one attached hydrogen (secondary N) is 1. The first kappa shape index (κ1) is 18.7. The van der Waals surface area contributed by atoms with Gasteiger partial charge in [-0.05, 0) is 24.3 Å². The number of benzene rings is 1. The van der Waals surface area contributed by atoms with Gasteiger partial charge >= 0.3 is 0 Å². The lowest BCUT2D eigenvalue weighted by Crippen LogP contribution is -2.33. The average Bonchev–Trinajstić information content (AvgIpc) is 3.15. The molecule has 4 atom stereocenters. The lowest BCUT2D eigenvalue weighted by molar-refractivity contribution is -0.0548. The number of ether oxygens (including phenoxy) is 1. The van der Waals surface area contributed by atoms with Gasteiger partial charge in [0.15, 0.2) is 22.5 Å². The molecule has 0 radical (unpaired) electrons. The van der Waals surface area contributed by atoms with E-state index in [1.54, 1.807) is 24.3 Å². The number of aromatic amines is 1. The lowest BCUT2D eigenvalue weighted by Gasteiger charge is -2.19. The first-order chi connectivity index (χ1) is 13.4. The molecule has 1 aliphatic rings. The number of aliphatic hydroxyl groups excluding tert-OH is 3. The molecule has 28 heavy (non-hydrogen) atoms. The smallest absolute Gasteiger partial charge is 0.280 e. The van der Waals surface area contributed by atoms with Gasteiger partial charge in [0.2, 0.25) is 5.95 Å². The third kappa shape index (κ3) is 3.10. The monoisotopic (exact) mass is 406 g/mol. The number of H-pyrrole nitrogens is 1. The topological polar surface area (TPSA) is 186 Å². The summed E-state index contributed by atoms with van der Waals surface area (Å²) in [6.45, 7) is -0.488. The van der Waals surface area contributed by atoms with Gasteiger partial charge in [0.05, 0.1) is 6.61 Å². The van der Waals surface area contributed by atoms with Crippen molar-refractivity contribution in [3.8, 4) is 0 Å². The minimum absolute atomic E-state index is 0.00452. The van der Waals surface area contributed by atoms with Crippen LogP contribution in [0.2, 0.25) is 0 Å². The Kier molecular flexibility index (Phi) is 4.72. The van der Waals surface area contributed by atoms with E-state index in [2.05, 4.69) is 15.0 Å². The zero-order valence-electron chi connectivity index (χ0n) is 14.4. The summed E-state index contributed by atoms with van der Waals surface area (Å²) in [6.07, 6.45) is -4.81. The van der Waals surface area contributed by atoms with Crippen LogP contribution in [0.5, 0.6) is 0 Å². The van der Waals surface area contributed by atoms with Gasteiger partial charge in [-0.1, -0.05) is 11.8 Å². The first-order valence-corrected chi connectivity index (χ1v) is 9.14. The third-order valence-corrected chi connectivity index (χ3v) is 5.38. The molecule has 11 nitrogen and oxygen atoms in total. The number of rotatable bonds is 4. The predicted octanol–water partition coefficient (Wildman–Crippen LogP) is -0.953. The molecule has 3 aromatic rings. The van der Waals surface area contributed by atoms with Crippen LogP contribution in [-0.2, 0) is 4.74 Å². The summed E-state index contributed by atoms with van der Waals surface area (Å²) in [5.74, 6) is -0.130. The highest BCUT2D eigenvalue weighted by Gasteiger charge is 2.45. The van der Waals surface area contributed by atoms with Crippen molar-refractivity contribution in [3.63, 3.8) is 0 Å². The van der Waals surface area contributed by atoms with E-state index in [0.717, 1.165) is 4.90 Å². The van der Waals surface area contributed by atoms with E-state index in [-0.39, 0.29) is 17.1 Å². The molecule has 1 saturated heterocycles. The molecule has 4 rings (SSSR count). The molecule has 0 saturated carbocycles. The molecule has 0 spiro atoms. The molecule has 148 valence electrons. The lowest BCUT2D eigenvalue weighted by atomic mass is 10.1. The number of nitrogens with zero attached hydrogens (tertiary/aromatic N) is 3. The molecular formula is C16H18N6O5S. The molecule has 8 N–H and O–H groups in total. The van der Waals surface area contributed by atoms with E-state index < -0.39 is 36.7 Å². The highest BCUT2D eigenvalue weighted by molar-refractivity contribution is 7.99. The van der Waals surface area contributed by atoms with Gasteiger partial charge in [0.25, 0.3) is 5.56 Å². The Balaban J connectivity index is 1.87. The second kappa shape index (κ2) is 7.07. The summed E-state index contributed by atoms with van der Waals surface area (Å²) in [5.41, 5.74) is 11.5.